The molecule has 0 bridgehead atoms. The molecule has 6 heteroatoms. The fourth-order valence-electron chi connectivity index (χ4n) is 1.76. The Kier molecular flexibility index (Phi) is 3.08. The average molecular weight is 291 g/mol. The second-order valence-corrected chi connectivity index (χ2v) is 5.49. The number of benzene rings is 1. The van der Waals surface area contributed by atoms with Gasteiger partial charge in [-0.3, -0.25) is 0 Å². The van der Waals surface area contributed by atoms with E-state index >= 15 is 0 Å². The smallest absolute Gasteiger partial charge is 0.156 e. The van der Waals surface area contributed by atoms with Gasteiger partial charge in [0, 0.05) is 5.69 Å². The maximum absolute atomic E-state index is 5.94. The molecule has 2 heterocycles. The van der Waals surface area contributed by atoms with Gasteiger partial charge in [-0.2, -0.15) is 0 Å². The van der Waals surface area contributed by atoms with E-state index in [0.29, 0.717) is 5.15 Å². The predicted octanol–water partition coefficient (Wildman–Crippen LogP) is 4.10. The minimum atomic E-state index is 0.445. The van der Waals surface area contributed by atoms with Crippen LogP contribution in [0.25, 0.3) is 10.2 Å². The van der Waals surface area contributed by atoms with E-state index in [-0.39, 0.29) is 0 Å². The Morgan fingerprint density at radius 1 is 1.16 bits per heavy atom. The third kappa shape index (κ3) is 2.27. The van der Waals surface area contributed by atoms with Gasteiger partial charge >= 0.3 is 0 Å². The van der Waals surface area contributed by atoms with Crippen molar-refractivity contribution in [3.63, 3.8) is 0 Å². The number of hydrogen-bond donors (Lipinski definition) is 1. The highest BCUT2D eigenvalue weighted by Gasteiger charge is 2.08. The quantitative estimate of drug-likeness (QED) is 0.772. The highest BCUT2D eigenvalue weighted by molar-refractivity contribution is 7.16. The molecular weight excluding hydrogens is 280 g/mol. The van der Waals surface area contributed by atoms with Crippen LogP contribution < -0.4 is 5.32 Å². The minimum absolute atomic E-state index is 0.445. The van der Waals surface area contributed by atoms with Crippen molar-refractivity contribution < 1.29 is 0 Å². The van der Waals surface area contributed by atoms with Gasteiger partial charge in [-0.15, -0.1) is 21.5 Å². The van der Waals surface area contributed by atoms with E-state index in [0.717, 1.165) is 32.8 Å². The van der Waals surface area contributed by atoms with Gasteiger partial charge in [-0.05, 0) is 43.2 Å². The third-order valence-electron chi connectivity index (χ3n) is 3.06. The first-order valence-electron chi connectivity index (χ1n) is 5.75. The Morgan fingerprint density at radius 2 is 2.00 bits per heavy atom. The standard InChI is InChI=1S/C13H11ClN4S/c1-7-8(2)13(18-17-12(7)14)16-9-3-4-10-11(5-9)19-6-15-10/h3-6H,1-2H3,(H,16,18). The molecule has 0 unspecified atom stereocenters. The fraction of sp³-hybridized carbons (Fsp3) is 0.154. The van der Waals surface area contributed by atoms with Crippen molar-refractivity contribution in [2.45, 2.75) is 13.8 Å². The van der Waals surface area contributed by atoms with Crippen LogP contribution in [0.15, 0.2) is 23.7 Å². The molecule has 4 nitrogen and oxygen atoms in total. The molecular formula is C13H11ClN4S. The Morgan fingerprint density at radius 3 is 2.84 bits per heavy atom. The molecule has 3 aromatic rings. The summed E-state index contributed by atoms with van der Waals surface area (Å²) in [6, 6.07) is 6.02. The van der Waals surface area contributed by atoms with E-state index in [4.69, 9.17) is 11.6 Å². The van der Waals surface area contributed by atoms with E-state index in [1.165, 1.54) is 0 Å². The summed E-state index contributed by atoms with van der Waals surface area (Å²) in [6.07, 6.45) is 0. The Bertz CT molecular complexity index is 753. The molecule has 0 aliphatic rings. The van der Waals surface area contributed by atoms with Gasteiger partial charge in [-0.25, -0.2) is 4.98 Å². The summed E-state index contributed by atoms with van der Waals surface area (Å²) in [6.45, 7) is 3.91. The second-order valence-electron chi connectivity index (χ2n) is 4.25. The molecule has 0 radical (unpaired) electrons. The zero-order valence-electron chi connectivity index (χ0n) is 10.4. The zero-order valence-corrected chi connectivity index (χ0v) is 12.0. The number of halogens is 1. The number of nitrogens with zero attached hydrogens (tertiary/aromatic N) is 3. The number of thiazole rings is 1. The van der Waals surface area contributed by atoms with Gasteiger partial charge in [0.1, 0.15) is 0 Å². The van der Waals surface area contributed by atoms with Crippen LogP contribution in [0.1, 0.15) is 11.1 Å². The summed E-state index contributed by atoms with van der Waals surface area (Å²) in [7, 11) is 0. The van der Waals surface area contributed by atoms with Crippen molar-refractivity contribution in [2.24, 2.45) is 0 Å². The predicted molar refractivity (Wildman–Crippen MR) is 79.4 cm³/mol. The van der Waals surface area contributed by atoms with Gasteiger partial charge in [0.15, 0.2) is 11.0 Å². The monoisotopic (exact) mass is 290 g/mol. The van der Waals surface area contributed by atoms with Gasteiger partial charge in [0.05, 0.1) is 15.7 Å². The number of aromatic nitrogens is 3. The largest absolute Gasteiger partial charge is 0.338 e. The molecule has 3 rings (SSSR count). The van der Waals surface area contributed by atoms with Crippen LogP contribution in [-0.4, -0.2) is 15.2 Å². The second kappa shape index (κ2) is 4.75. The molecule has 0 fully saturated rings. The van der Waals surface area contributed by atoms with Gasteiger partial charge < -0.3 is 5.32 Å². The lowest BCUT2D eigenvalue weighted by Crippen LogP contribution is -2.01. The number of fused-ring (bicyclic) bond motifs is 1. The maximum atomic E-state index is 5.94. The summed E-state index contributed by atoms with van der Waals surface area (Å²) < 4.78 is 1.14. The van der Waals surface area contributed by atoms with Crippen molar-refractivity contribution in [1.29, 1.82) is 0 Å². The molecule has 1 N–H and O–H groups in total. The average Bonchev–Trinajstić information content (AvgIpc) is 2.87. The van der Waals surface area contributed by atoms with E-state index in [9.17, 15) is 0 Å². The van der Waals surface area contributed by atoms with Crippen LogP contribution in [0.5, 0.6) is 0 Å². The lowest BCUT2D eigenvalue weighted by molar-refractivity contribution is 1.00. The van der Waals surface area contributed by atoms with Crippen LogP contribution in [0, 0.1) is 13.8 Å². The van der Waals surface area contributed by atoms with Crippen LogP contribution in [-0.2, 0) is 0 Å². The van der Waals surface area contributed by atoms with E-state index < -0.39 is 0 Å². The Hall–Kier alpha value is -1.72. The highest BCUT2D eigenvalue weighted by Crippen LogP contribution is 2.26. The van der Waals surface area contributed by atoms with Crippen LogP contribution in [0.3, 0.4) is 0 Å². The van der Waals surface area contributed by atoms with E-state index in [2.05, 4.69) is 26.6 Å². The molecule has 0 spiro atoms. The molecule has 0 saturated carbocycles. The molecule has 0 saturated heterocycles. The topological polar surface area (TPSA) is 50.7 Å². The zero-order chi connectivity index (χ0) is 13.4. The number of hydrogen-bond acceptors (Lipinski definition) is 5. The van der Waals surface area contributed by atoms with Crippen LogP contribution in [0.2, 0.25) is 5.15 Å². The normalized spacial score (nSPS) is 10.9. The lowest BCUT2D eigenvalue weighted by Gasteiger charge is -2.10. The summed E-state index contributed by atoms with van der Waals surface area (Å²) in [5.74, 6) is 0.728. The van der Waals surface area contributed by atoms with Crippen molar-refractivity contribution >= 4 is 44.7 Å². The highest BCUT2D eigenvalue weighted by atomic mass is 35.5. The Labute approximate surface area is 119 Å². The Balaban J connectivity index is 1.98. The molecule has 0 atom stereocenters. The lowest BCUT2D eigenvalue weighted by atomic mass is 10.2. The summed E-state index contributed by atoms with van der Waals surface area (Å²) in [5.41, 5.74) is 5.76. The molecule has 2 aromatic heterocycles. The maximum Gasteiger partial charge on any atom is 0.156 e. The summed E-state index contributed by atoms with van der Waals surface area (Å²) in [5, 5.41) is 11.7. The minimum Gasteiger partial charge on any atom is -0.338 e. The molecule has 1 aromatic carbocycles. The van der Waals surface area contributed by atoms with Crippen LogP contribution >= 0.6 is 22.9 Å². The van der Waals surface area contributed by atoms with Gasteiger partial charge in [0.25, 0.3) is 0 Å². The number of nitrogens with one attached hydrogen (secondary N) is 1. The first-order chi connectivity index (χ1) is 9.15. The van der Waals surface area contributed by atoms with E-state index in [1.54, 1.807) is 11.3 Å². The van der Waals surface area contributed by atoms with Crippen molar-refractivity contribution in [2.75, 3.05) is 5.32 Å². The fourth-order valence-corrected chi connectivity index (χ4v) is 2.66. The number of rotatable bonds is 2. The molecule has 0 aliphatic heterocycles. The van der Waals surface area contributed by atoms with E-state index in [1.807, 2.05) is 31.5 Å². The molecule has 96 valence electrons. The number of anilines is 2. The van der Waals surface area contributed by atoms with Gasteiger partial charge in [0.2, 0.25) is 0 Å². The molecule has 0 amide bonds. The SMILES string of the molecule is Cc1c(Cl)nnc(Nc2ccc3ncsc3c2)c1C. The van der Waals surface area contributed by atoms with Crippen LogP contribution in [0.4, 0.5) is 11.5 Å². The van der Waals surface area contributed by atoms with Gasteiger partial charge in [-0.1, -0.05) is 11.6 Å². The first-order valence-corrected chi connectivity index (χ1v) is 7.00. The van der Waals surface area contributed by atoms with Crippen molar-refractivity contribution in [3.05, 3.63) is 40.0 Å². The first kappa shape index (κ1) is 12.3. The summed E-state index contributed by atoms with van der Waals surface area (Å²) >= 11 is 7.56. The van der Waals surface area contributed by atoms with Crippen molar-refractivity contribution in [3.8, 4) is 0 Å². The summed E-state index contributed by atoms with van der Waals surface area (Å²) in [4.78, 5) is 4.26. The molecule has 0 aliphatic carbocycles. The van der Waals surface area contributed by atoms with Crippen molar-refractivity contribution in [1.82, 2.24) is 15.2 Å². The molecule has 19 heavy (non-hydrogen) atoms. The third-order valence-corrected chi connectivity index (χ3v) is 4.21.